The molecule has 0 atom stereocenters. The third-order valence-corrected chi connectivity index (χ3v) is 2.79. The zero-order valence-electron chi connectivity index (χ0n) is 10.2. The van der Waals surface area contributed by atoms with Gasteiger partial charge >= 0.3 is 0 Å². The summed E-state index contributed by atoms with van der Waals surface area (Å²) in [6.45, 7) is 1.91. The van der Waals surface area contributed by atoms with Crippen LogP contribution in [0.4, 0.5) is 5.69 Å². The Morgan fingerprint density at radius 3 is 2.78 bits per heavy atom. The van der Waals surface area contributed by atoms with Crippen molar-refractivity contribution in [3.8, 4) is 0 Å². The Hall–Kier alpha value is -1.26. The van der Waals surface area contributed by atoms with E-state index in [1.54, 1.807) is 18.2 Å². The van der Waals surface area contributed by atoms with Crippen LogP contribution in [0.1, 0.15) is 23.2 Å². The number of nitrogens with two attached hydrogens (primary N) is 1. The van der Waals surface area contributed by atoms with Crippen LogP contribution in [-0.4, -0.2) is 25.7 Å². The smallest absolute Gasteiger partial charge is 0.253 e. The molecule has 0 aliphatic heterocycles. The number of rotatable bonds is 6. The van der Waals surface area contributed by atoms with Crippen molar-refractivity contribution in [3.63, 3.8) is 0 Å². The maximum atomic E-state index is 11.7. The zero-order chi connectivity index (χ0) is 12.1. The summed E-state index contributed by atoms with van der Waals surface area (Å²) < 4.78 is 5.43. The molecule has 18 heavy (non-hydrogen) atoms. The first kappa shape index (κ1) is 14.8. The fraction of sp³-hybridized carbons (Fsp3) is 0.462. The number of nitrogens with one attached hydrogen (secondary N) is 1. The van der Waals surface area contributed by atoms with Gasteiger partial charge in [-0.05, 0) is 30.9 Å². The van der Waals surface area contributed by atoms with Crippen LogP contribution in [0.5, 0.6) is 0 Å². The fourth-order valence-electron chi connectivity index (χ4n) is 1.57. The van der Waals surface area contributed by atoms with Crippen molar-refractivity contribution in [2.75, 3.05) is 25.5 Å². The molecule has 0 radical (unpaired) electrons. The highest BCUT2D eigenvalue weighted by Gasteiger charge is 2.20. The van der Waals surface area contributed by atoms with Crippen molar-refractivity contribution in [2.45, 2.75) is 12.8 Å². The van der Waals surface area contributed by atoms with Crippen LogP contribution in [-0.2, 0) is 4.74 Å². The number of anilines is 1. The van der Waals surface area contributed by atoms with Crippen LogP contribution in [0.3, 0.4) is 0 Å². The maximum absolute atomic E-state index is 11.7. The molecule has 1 aromatic rings. The van der Waals surface area contributed by atoms with Gasteiger partial charge in [-0.15, -0.1) is 12.4 Å². The number of carbonyl (C=O) groups excluding carboxylic acids is 1. The van der Waals surface area contributed by atoms with Gasteiger partial charge in [-0.1, -0.05) is 12.1 Å². The van der Waals surface area contributed by atoms with Gasteiger partial charge in [0.2, 0.25) is 0 Å². The lowest BCUT2D eigenvalue weighted by molar-refractivity contribution is 0.0907. The molecule has 100 valence electrons. The summed E-state index contributed by atoms with van der Waals surface area (Å²) in [5.41, 5.74) is 6.73. The largest absolute Gasteiger partial charge is 0.398 e. The molecule has 4 nitrogen and oxygen atoms in total. The molecule has 0 aromatic heterocycles. The molecule has 0 bridgehead atoms. The van der Waals surface area contributed by atoms with Crippen molar-refractivity contribution in [2.24, 2.45) is 5.92 Å². The second-order valence-corrected chi connectivity index (χ2v) is 4.36. The van der Waals surface area contributed by atoms with Crippen LogP contribution in [0.2, 0.25) is 0 Å². The van der Waals surface area contributed by atoms with Gasteiger partial charge in [-0.3, -0.25) is 4.79 Å². The van der Waals surface area contributed by atoms with E-state index in [0.29, 0.717) is 24.4 Å². The average Bonchev–Trinajstić information content (AvgIpc) is 3.13. The molecule has 1 aliphatic carbocycles. The zero-order valence-corrected chi connectivity index (χ0v) is 11.0. The summed E-state index contributed by atoms with van der Waals surface area (Å²) in [5.74, 6) is 0.619. The van der Waals surface area contributed by atoms with Gasteiger partial charge < -0.3 is 15.8 Å². The Labute approximate surface area is 113 Å². The van der Waals surface area contributed by atoms with Gasteiger partial charge in [-0.25, -0.2) is 0 Å². The molecule has 0 heterocycles. The molecule has 0 spiro atoms. The predicted octanol–water partition coefficient (Wildman–Crippen LogP) is 1.85. The number of hydrogen-bond donors (Lipinski definition) is 2. The molecule has 1 fully saturated rings. The van der Waals surface area contributed by atoms with E-state index in [1.807, 2.05) is 6.07 Å². The van der Waals surface area contributed by atoms with E-state index in [9.17, 15) is 4.79 Å². The average molecular weight is 271 g/mol. The highest BCUT2D eigenvalue weighted by atomic mass is 35.5. The number of ether oxygens (including phenoxy) is 1. The monoisotopic (exact) mass is 270 g/mol. The van der Waals surface area contributed by atoms with Crippen LogP contribution < -0.4 is 11.1 Å². The summed E-state index contributed by atoms with van der Waals surface area (Å²) in [6, 6.07) is 7.05. The van der Waals surface area contributed by atoms with Gasteiger partial charge in [-0.2, -0.15) is 0 Å². The predicted molar refractivity (Wildman–Crippen MR) is 74.0 cm³/mol. The van der Waals surface area contributed by atoms with E-state index in [2.05, 4.69) is 5.32 Å². The van der Waals surface area contributed by atoms with Gasteiger partial charge in [0.25, 0.3) is 5.91 Å². The Kier molecular flexibility index (Phi) is 5.95. The number of hydrogen-bond acceptors (Lipinski definition) is 3. The van der Waals surface area contributed by atoms with E-state index < -0.39 is 0 Å². The Bertz CT molecular complexity index is 394. The maximum Gasteiger partial charge on any atom is 0.253 e. The highest BCUT2D eigenvalue weighted by molar-refractivity contribution is 5.99. The number of amides is 1. The van der Waals surface area contributed by atoms with Crippen molar-refractivity contribution >= 4 is 24.0 Å². The Morgan fingerprint density at radius 2 is 2.11 bits per heavy atom. The van der Waals surface area contributed by atoms with Crippen molar-refractivity contribution < 1.29 is 9.53 Å². The van der Waals surface area contributed by atoms with E-state index in [0.717, 1.165) is 12.5 Å². The normalized spacial score (nSPS) is 13.8. The van der Waals surface area contributed by atoms with E-state index in [-0.39, 0.29) is 18.3 Å². The standard InChI is InChI=1S/C13H18N2O2.ClH/c14-12-4-2-1-3-11(12)13(16)15-7-8-17-9-10-5-6-10;/h1-4,10H,5-9,14H2,(H,15,16);1H. The SMILES string of the molecule is Cl.Nc1ccccc1C(=O)NCCOCC1CC1. The minimum Gasteiger partial charge on any atom is -0.398 e. The highest BCUT2D eigenvalue weighted by Crippen LogP contribution is 2.28. The summed E-state index contributed by atoms with van der Waals surface area (Å²) in [4.78, 5) is 11.7. The second kappa shape index (κ2) is 7.24. The lowest BCUT2D eigenvalue weighted by Gasteiger charge is -2.07. The molecule has 1 saturated carbocycles. The Balaban J connectivity index is 0.00000162. The minimum atomic E-state index is -0.141. The number of carbonyl (C=O) groups is 1. The van der Waals surface area contributed by atoms with Gasteiger partial charge in [0.1, 0.15) is 0 Å². The van der Waals surface area contributed by atoms with Gasteiger partial charge in [0.15, 0.2) is 0 Å². The van der Waals surface area contributed by atoms with Crippen LogP contribution >= 0.6 is 12.4 Å². The van der Waals surface area contributed by atoms with Crippen molar-refractivity contribution in [1.82, 2.24) is 5.32 Å². The molecule has 1 aliphatic rings. The van der Waals surface area contributed by atoms with E-state index in [1.165, 1.54) is 12.8 Å². The molecule has 0 unspecified atom stereocenters. The van der Waals surface area contributed by atoms with Crippen molar-refractivity contribution in [1.29, 1.82) is 0 Å². The third-order valence-electron chi connectivity index (χ3n) is 2.79. The lowest BCUT2D eigenvalue weighted by Crippen LogP contribution is -2.28. The first-order valence-corrected chi connectivity index (χ1v) is 5.98. The van der Waals surface area contributed by atoms with Crippen LogP contribution in [0, 0.1) is 5.92 Å². The number of para-hydroxylation sites is 1. The first-order chi connectivity index (χ1) is 8.27. The molecular formula is C13H19ClN2O2. The number of halogens is 1. The molecule has 5 heteroatoms. The summed E-state index contributed by atoms with van der Waals surface area (Å²) in [5, 5.41) is 2.79. The third kappa shape index (κ3) is 4.55. The van der Waals surface area contributed by atoms with Crippen LogP contribution in [0.15, 0.2) is 24.3 Å². The van der Waals surface area contributed by atoms with Gasteiger partial charge in [0, 0.05) is 18.8 Å². The summed E-state index contributed by atoms with van der Waals surface area (Å²) in [6.07, 6.45) is 2.57. The first-order valence-electron chi connectivity index (χ1n) is 5.98. The molecule has 3 N–H and O–H groups in total. The summed E-state index contributed by atoms with van der Waals surface area (Å²) >= 11 is 0. The second-order valence-electron chi connectivity index (χ2n) is 4.36. The van der Waals surface area contributed by atoms with Gasteiger partial charge in [0.05, 0.1) is 12.2 Å². The topological polar surface area (TPSA) is 64.4 Å². The minimum absolute atomic E-state index is 0. The molecule has 1 aromatic carbocycles. The number of nitrogen functional groups attached to an aromatic ring is 1. The van der Waals surface area contributed by atoms with Crippen LogP contribution in [0.25, 0.3) is 0 Å². The fourth-order valence-corrected chi connectivity index (χ4v) is 1.57. The Morgan fingerprint density at radius 1 is 1.39 bits per heavy atom. The van der Waals surface area contributed by atoms with Crippen molar-refractivity contribution in [3.05, 3.63) is 29.8 Å². The lowest BCUT2D eigenvalue weighted by atomic mass is 10.2. The molecule has 1 amide bonds. The van der Waals surface area contributed by atoms with E-state index >= 15 is 0 Å². The number of benzene rings is 1. The van der Waals surface area contributed by atoms with E-state index in [4.69, 9.17) is 10.5 Å². The summed E-state index contributed by atoms with van der Waals surface area (Å²) in [7, 11) is 0. The molecule has 2 rings (SSSR count). The molecule has 0 saturated heterocycles. The quantitative estimate of drug-likeness (QED) is 0.612. The molecular weight excluding hydrogens is 252 g/mol.